The number of pyridine rings is 1. The number of rotatable bonds is 18. The summed E-state index contributed by atoms with van der Waals surface area (Å²) in [6, 6.07) is 13.2. The molecule has 3 saturated heterocycles. The Morgan fingerprint density at radius 1 is 0.768 bits per heavy atom. The summed E-state index contributed by atoms with van der Waals surface area (Å²) >= 11 is 0. The van der Waals surface area contributed by atoms with Crippen LogP contribution < -0.4 is 10.9 Å². The summed E-state index contributed by atoms with van der Waals surface area (Å²) in [4.78, 5) is 78.1. The van der Waals surface area contributed by atoms with Gasteiger partial charge in [-0.3, -0.25) is 28.6 Å². The summed E-state index contributed by atoms with van der Waals surface area (Å²) in [5.74, 6) is -0.541. The molecular weight excluding hydrogens is 873 g/mol. The number of ether oxygens (including phenoxy) is 2. The van der Waals surface area contributed by atoms with Crippen LogP contribution in [0.2, 0.25) is 0 Å². The highest BCUT2D eigenvalue weighted by Crippen LogP contribution is 2.52. The van der Waals surface area contributed by atoms with Gasteiger partial charge in [0.25, 0.3) is 5.56 Å². The second-order valence-corrected chi connectivity index (χ2v) is 21.2. The van der Waals surface area contributed by atoms with Gasteiger partial charge in [0.05, 0.1) is 21.9 Å². The van der Waals surface area contributed by atoms with Gasteiger partial charge in [0.1, 0.15) is 6.04 Å². The number of urea groups is 1. The molecule has 3 amide bonds. The summed E-state index contributed by atoms with van der Waals surface area (Å²) in [5, 5.41) is 9.74. The van der Waals surface area contributed by atoms with Crippen molar-refractivity contribution in [3.8, 4) is 0 Å². The summed E-state index contributed by atoms with van der Waals surface area (Å²) < 4.78 is 14.9. The van der Waals surface area contributed by atoms with Gasteiger partial charge in [0.15, 0.2) is 13.5 Å². The minimum atomic E-state index is -0.803. The molecule has 1 N–H and O–H groups in total. The van der Waals surface area contributed by atoms with E-state index in [4.69, 9.17) is 14.6 Å². The predicted octanol–water partition coefficient (Wildman–Crippen LogP) is 7.34. The summed E-state index contributed by atoms with van der Waals surface area (Å²) in [5.41, 5.74) is 3.12. The van der Waals surface area contributed by atoms with Gasteiger partial charge in [-0.15, -0.1) is 0 Å². The van der Waals surface area contributed by atoms with Crippen molar-refractivity contribution in [1.29, 1.82) is 0 Å². The Bertz CT molecular complexity index is 2560. The first-order valence-corrected chi connectivity index (χ1v) is 26.1. The summed E-state index contributed by atoms with van der Waals surface area (Å²) in [7, 11) is 2.17. The Hall–Kier alpha value is -5.28. The van der Waals surface area contributed by atoms with Crippen LogP contribution in [0.5, 0.6) is 0 Å². The molecular formula is C54H74N8O7. The van der Waals surface area contributed by atoms with Crippen LogP contribution in [0.15, 0.2) is 53.5 Å². The first-order valence-electron chi connectivity index (χ1n) is 26.1. The Labute approximate surface area is 406 Å². The van der Waals surface area contributed by atoms with Crippen molar-refractivity contribution in [2.24, 2.45) is 10.8 Å². The second-order valence-electron chi connectivity index (χ2n) is 21.2. The lowest BCUT2D eigenvalue weighted by molar-refractivity contribution is -0.155. The molecule has 2 saturated carbocycles. The highest BCUT2D eigenvalue weighted by molar-refractivity contribution is 5.88. The van der Waals surface area contributed by atoms with Crippen molar-refractivity contribution in [3.63, 3.8) is 0 Å². The van der Waals surface area contributed by atoms with Crippen LogP contribution in [0.3, 0.4) is 0 Å². The van der Waals surface area contributed by atoms with E-state index in [0.717, 1.165) is 136 Å². The fourth-order valence-corrected chi connectivity index (χ4v) is 11.3. The van der Waals surface area contributed by atoms with Crippen LogP contribution in [-0.2, 0) is 43.7 Å². The van der Waals surface area contributed by atoms with Crippen molar-refractivity contribution in [2.75, 3.05) is 59.4 Å². The third-order valence-electron chi connectivity index (χ3n) is 16.3. The van der Waals surface area contributed by atoms with E-state index in [1.165, 1.54) is 0 Å². The number of piperidine rings is 2. The fourth-order valence-electron chi connectivity index (χ4n) is 11.3. The molecule has 15 nitrogen and oxygen atoms in total. The zero-order chi connectivity index (χ0) is 48.3. The number of unbranched alkanes of at least 4 members (excludes halogenated alkanes) is 2. The van der Waals surface area contributed by atoms with E-state index in [1.807, 2.05) is 60.5 Å². The number of aryl methyl sites for hydroxylation is 1. The number of hydrogen-bond donors (Lipinski definition) is 1. The Morgan fingerprint density at radius 2 is 1.41 bits per heavy atom. The molecule has 5 fully saturated rings. The average molecular weight is 947 g/mol. The van der Waals surface area contributed by atoms with Gasteiger partial charge >= 0.3 is 18.0 Å². The number of carbonyl (C=O) groups is 4. The van der Waals surface area contributed by atoms with E-state index < -0.39 is 11.5 Å². The molecule has 69 heavy (non-hydrogen) atoms. The lowest BCUT2D eigenvalue weighted by Crippen LogP contribution is -2.59. The lowest BCUT2D eigenvalue weighted by atomic mass is 9.89. The monoisotopic (exact) mass is 947 g/mol. The first-order chi connectivity index (χ1) is 33.4. The van der Waals surface area contributed by atoms with Crippen LogP contribution >= 0.6 is 0 Å². The van der Waals surface area contributed by atoms with Crippen molar-refractivity contribution in [1.82, 2.24) is 39.3 Å². The number of nitrogens with one attached hydrogen (secondary N) is 1. The van der Waals surface area contributed by atoms with Crippen molar-refractivity contribution in [2.45, 2.75) is 149 Å². The number of amides is 3. The fraction of sp³-hybridized carbons (Fsp3) is 0.630. The normalized spacial score (nSPS) is 20.2. The number of likely N-dealkylation sites (tertiary alicyclic amines) is 2. The minimum Gasteiger partial charge on any atom is -0.443 e. The third-order valence-corrected chi connectivity index (χ3v) is 16.3. The van der Waals surface area contributed by atoms with E-state index in [0.29, 0.717) is 57.0 Å². The first kappa shape index (κ1) is 48.7. The van der Waals surface area contributed by atoms with Crippen LogP contribution in [0.1, 0.15) is 126 Å². The molecule has 1 unspecified atom stereocenters. The quantitative estimate of drug-likeness (QED) is 0.100. The lowest BCUT2D eigenvalue weighted by Gasteiger charge is -2.43. The number of carbonyl (C=O) groups excluding carboxylic acids is 4. The van der Waals surface area contributed by atoms with Gasteiger partial charge < -0.3 is 29.5 Å². The molecule has 3 aliphatic heterocycles. The molecule has 1 atom stereocenters. The predicted molar refractivity (Wildman–Crippen MR) is 265 cm³/mol. The number of piperazine rings is 1. The molecule has 15 heteroatoms. The third kappa shape index (κ3) is 10.9. The Kier molecular flexibility index (Phi) is 14.8. The topological polar surface area (TPSA) is 152 Å². The molecule has 4 aromatic rings. The Morgan fingerprint density at radius 3 is 2.04 bits per heavy atom. The summed E-state index contributed by atoms with van der Waals surface area (Å²) in [6.07, 6.45) is 14.8. The number of fused-ring (bicyclic) bond motifs is 2. The van der Waals surface area contributed by atoms with E-state index in [2.05, 4.69) is 36.0 Å². The van der Waals surface area contributed by atoms with Gasteiger partial charge in [-0.2, -0.15) is 5.10 Å². The number of para-hydroxylation sites is 1. The van der Waals surface area contributed by atoms with Gasteiger partial charge in [0, 0.05) is 68.9 Å². The standard InChI is InChI=1S/C54H74N8O7/c1-5-7-17-53(19-20-53)50(65)68-36-61-35-42-32-39(31-38(3)47(42)56-61)33-45(49(64)59-29-27-58(28-30-59)43-15-23-57(4)24-16-43)55-52(67)60-25-13-40(14-26-60)44-34-41-11-9-10-12-46(41)62(48(44)63)37-69-51(66)54(21-22-54)18-8-6-2/h9-12,31-32,34-35,40,43,45H,5-8,13-30,33,36-37H2,1-4H3,(H,55,67). The Balaban J connectivity index is 0.880. The van der Waals surface area contributed by atoms with Crippen LogP contribution in [0.25, 0.3) is 21.8 Å². The molecule has 0 spiro atoms. The number of benzene rings is 2. The zero-order valence-electron chi connectivity index (χ0n) is 41.5. The van der Waals surface area contributed by atoms with Gasteiger partial charge in [-0.1, -0.05) is 63.8 Å². The van der Waals surface area contributed by atoms with E-state index in [1.54, 1.807) is 14.1 Å². The molecule has 0 bridgehead atoms. The highest BCUT2D eigenvalue weighted by Gasteiger charge is 2.51. The van der Waals surface area contributed by atoms with Crippen molar-refractivity contribution >= 4 is 45.7 Å². The maximum Gasteiger partial charge on any atom is 0.318 e. The van der Waals surface area contributed by atoms with Gasteiger partial charge in [0.2, 0.25) is 5.91 Å². The van der Waals surface area contributed by atoms with Crippen molar-refractivity contribution < 1.29 is 28.7 Å². The van der Waals surface area contributed by atoms with E-state index >= 15 is 0 Å². The molecule has 2 aliphatic carbocycles. The molecule has 9 rings (SSSR count). The van der Waals surface area contributed by atoms with Crippen LogP contribution in [0.4, 0.5) is 4.79 Å². The largest absolute Gasteiger partial charge is 0.443 e. The second kappa shape index (κ2) is 21.0. The number of nitrogens with zero attached hydrogens (tertiary/aromatic N) is 7. The maximum absolute atomic E-state index is 14.6. The molecule has 0 radical (unpaired) electrons. The van der Waals surface area contributed by atoms with E-state index in [9.17, 15) is 24.0 Å². The number of esters is 2. The molecule has 5 heterocycles. The number of hydrogen-bond acceptors (Lipinski definition) is 10. The van der Waals surface area contributed by atoms with Crippen LogP contribution in [-0.4, -0.2) is 129 Å². The minimum absolute atomic E-state index is 0.0414. The molecule has 372 valence electrons. The van der Waals surface area contributed by atoms with E-state index in [-0.39, 0.29) is 54.2 Å². The van der Waals surface area contributed by atoms with Gasteiger partial charge in [-0.05, 0) is 132 Å². The van der Waals surface area contributed by atoms with Crippen LogP contribution in [0, 0.1) is 17.8 Å². The smallest absolute Gasteiger partial charge is 0.318 e. The maximum atomic E-state index is 14.6. The molecule has 5 aliphatic rings. The van der Waals surface area contributed by atoms with Crippen molar-refractivity contribution in [3.05, 3.63) is 75.7 Å². The van der Waals surface area contributed by atoms with Gasteiger partial charge in [-0.25, -0.2) is 9.48 Å². The SMILES string of the molecule is CCCCC1(C(=O)OCn2cc3cc(CC(NC(=O)N4CCC(c5cc6ccccc6n(COC(=O)C6(CCCC)CC6)c5=O)CC4)C(=O)N4CCN(C5CCN(C)CC5)CC4)cc(C)c3n2)CC1. The zero-order valence-corrected chi connectivity index (χ0v) is 41.5. The summed E-state index contributed by atoms with van der Waals surface area (Å²) in [6.45, 7) is 12.0. The molecule has 2 aromatic carbocycles. The molecule has 2 aromatic heterocycles. The number of aromatic nitrogens is 3. The average Bonchev–Trinajstić information content (AvgIpc) is 4.30. The highest BCUT2D eigenvalue weighted by atomic mass is 16.5.